The minimum absolute atomic E-state index is 0.0770. The van der Waals surface area contributed by atoms with Gasteiger partial charge in [0.1, 0.15) is 5.76 Å². The standard InChI is InChI=1S/C14H10O2/c1-8(15)12-10-6-2-4-9-5-3-7-11(13(9)10)14(12)16/h2-7,15H,1H3/b12-8+. The van der Waals surface area contributed by atoms with E-state index in [-0.39, 0.29) is 11.2 Å². The highest BCUT2D eigenvalue weighted by Gasteiger charge is 2.11. The third kappa shape index (κ3) is 0.986. The molecule has 0 unspecified atom stereocenters. The summed E-state index contributed by atoms with van der Waals surface area (Å²) in [6.45, 7) is 1.55. The molecule has 0 aliphatic heterocycles. The first-order valence-electron chi connectivity index (χ1n) is 5.17. The van der Waals surface area contributed by atoms with E-state index in [4.69, 9.17) is 0 Å². The molecule has 78 valence electrons. The second-order valence-corrected chi connectivity index (χ2v) is 4.00. The summed E-state index contributed by atoms with van der Waals surface area (Å²) in [6.07, 6.45) is 0. The van der Waals surface area contributed by atoms with Gasteiger partial charge >= 0.3 is 0 Å². The summed E-state index contributed by atoms with van der Waals surface area (Å²) in [7, 11) is 0. The van der Waals surface area contributed by atoms with Gasteiger partial charge < -0.3 is 5.11 Å². The van der Waals surface area contributed by atoms with Crippen LogP contribution in [-0.4, -0.2) is 5.11 Å². The van der Waals surface area contributed by atoms with Gasteiger partial charge in [-0.1, -0.05) is 36.4 Å². The first-order chi connectivity index (χ1) is 7.70. The Morgan fingerprint density at radius 3 is 2.31 bits per heavy atom. The van der Waals surface area contributed by atoms with Gasteiger partial charge in [-0.05, 0) is 17.7 Å². The molecular weight excluding hydrogens is 200 g/mol. The quantitative estimate of drug-likeness (QED) is 0.617. The lowest BCUT2D eigenvalue weighted by molar-refractivity contribution is 0.499. The Morgan fingerprint density at radius 2 is 1.69 bits per heavy atom. The molecule has 3 rings (SSSR count). The maximum atomic E-state index is 12.1. The monoisotopic (exact) mass is 210 g/mol. The minimum atomic E-state index is -0.0770. The van der Waals surface area contributed by atoms with E-state index >= 15 is 0 Å². The van der Waals surface area contributed by atoms with Crippen molar-refractivity contribution in [1.82, 2.24) is 0 Å². The van der Waals surface area contributed by atoms with E-state index in [1.54, 1.807) is 6.92 Å². The molecule has 0 radical (unpaired) electrons. The topological polar surface area (TPSA) is 37.3 Å². The summed E-state index contributed by atoms with van der Waals surface area (Å²) in [6, 6.07) is 11.4. The predicted octanol–water partition coefficient (Wildman–Crippen LogP) is 2.20. The largest absolute Gasteiger partial charge is 0.512 e. The van der Waals surface area contributed by atoms with Crippen LogP contribution in [0.1, 0.15) is 6.92 Å². The smallest absolute Gasteiger partial charge is 0.197 e. The van der Waals surface area contributed by atoms with Crippen LogP contribution in [0.5, 0.6) is 0 Å². The minimum Gasteiger partial charge on any atom is -0.512 e. The number of aliphatic hydroxyl groups excluding tert-OH is 1. The normalized spacial score (nSPS) is 13.6. The van der Waals surface area contributed by atoms with Crippen LogP contribution in [-0.2, 0) is 0 Å². The molecule has 2 heteroatoms. The van der Waals surface area contributed by atoms with Gasteiger partial charge in [-0.25, -0.2) is 0 Å². The summed E-state index contributed by atoms with van der Waals surface area (Å²) in [5, 5.41) is 13.6. The third-order valence-electron chi connectivity index (χ3n) is 3.01. The highest BCUT2D eigenvalue weighted by atomic mass is 16.3. The Labute approximate surface area is 91.8 Å². The van der Waals surface area contributed by atoms with Crippen LogP contribution in [0.15, 0.2) is 41.2 Å². The summed E-state index contributed by atoms with van der Waals surface area (Å²) in [5.41, 5.74) is -0.0770. The molecule has 0 saturated heterocycles. The van der Waals surface area contributed by atoms with Crippen LogP contribution >= 0.6 is 0 Å². The number of benzene rings is 2. The van der Waals surface area contributed by atoms with E-state index in [9.17, 15) is 9.90 Å². The van der Waals surface area contributed by atoms with Gasteiger partial charge in [-0.3, -0.25) is 4.79 Å². The molecule has 0 aliphatic rings. The number of hydrogen-bond acceptors (Lipinski definition) is 2. The van der Waals surface area contributed by atoms with E-state index in [1.165, 1.54) is 0 Å². The molecule has 1 N–H and O–H groups in total. The molecule has 3 aromatic rings. The van der Waals surface area contributed by atoms with Gasteiger partial charge in [0.2, 0.25) is 0 Å². The molecule has 2 nitrogen and oxygen atoms in total. The van der Waals surface area contributed by atoms with Crippen molar-refractivity contribution < 1.29 is 5.11 Å². The van der Waals surface area contributed by atoms with Gasteiger partial charge in [0.25, 0.3) is 0 Å². The highest BCUT2D eigenvalue weighted by Crippen LogP contribution is 2.22. The van der Waals surface area contributed by atoms with Crippen molar-refractivity contribution in [3.05, 3.63) is 51.8 Å². The van der Waals surface area contributed by atoms with Gasteiger partial charge in [0.15, 0.2) is 5.43 Å². The lowest BCUT2D eigenvalue weighted by Gasteiger charge is -1.96. The Morgan fingerprint density at radius 1 is 1.06 bits per heavy atom. The van der Waals surface area contributed by atoms with Crippen LogP contribution in [0.25, 0.3) is 27.3 Å². The van der Waals surface area contributed by atoms with Crippen molar-refractivity contribution in [2.24, 2.45) is 0 Å². The van der Waals surface area contributed by atoms with E-state index in [0.29, 0.717) is 10.6 Å². The lowest BCUT2D eigenvalue weighted by atomic mass is 10.1. The summed E-state index contributed by atoms with van der Waals surface area (Å²) in [5.74, 6) is 0.0914. The maximum Gasteiger partial charge on any atom is 0.197 e. The van der Waals surface area contributed by atoms with Crippen molar-refractivity contribution in [1.29, 1.82) is 0 Å². The first-order valence-corrected chi connectivity index (χ1v) is 5.17. The Kier molecular flexibility index (Phi) is 1.69. The summed E-state index contributed by atoms with van der Waals surface area (Å²) < 4.78 is 0. The molecule has 0 aliphatic carbocycles. The zero-order valence-electron chi connectivity index (χ0n) is 8.82. The molecule has 0 fully saturated rings. The fraction of sp³-hybridized carbons (Fsp3) is 0.0714. The molecule has 3 aromatic carbocycles. The van der Waals surface area contributed by atoms with Gasteiger partial charge in [0, 0.05) is 10.8 Å². The fourth-order valence-electron chi connectivity index (χ4n) is 2.35. The Balaban J connectivity index is 2.86. The second kappa shape index (κ2) is 2.95. The average Bonchev–Trinajstić information content (AvgIpc) is 2.55. The first kappa shape index (κ1) is 9.16. The molecule has 16 heavy (non-hydrogen) atoms. The van der Waals surface area contributed by atoms with Crippen molar-refractivity contribution in [2.45, 2.75) is 6.92 Å². The van der Waals surface area contributed by atoms with Crippen LogP contribution in [0.2, 0.25) is 0 Å². The Hall–Kier alpha value is -2.09. The number of rotatable bonds is 0. The number of hydrogen-bond donors (Lipinski definition) is 1. The van der Waals surface area contributed by atoms with E-state index in [2.05, 4.69) is 0 Å². The highest BCUT2D eigenvalue weighted by molar-refractivity contribution is 6.11. The molecule has 0 aromatic heterocycles. The molecule has 0 bridgehead atoms. The maximum absolute atomic E-state index is 12.1. The van der Waals surface area contributed by atoms with Crippen molar-refractivity contribution in [2.75, 3.05) is 0 Å². The van der Waals surface area contributed by atoms with Gasteiger partial charge in [-0.15, -0.1) is 0 Å². The summed E-state index contributed by atoms with van der Waals surface area (Å²) >= 11 is 0. The molecular formula is C14H10O2. The fourth-order valence-corrected chi connectivity index (χ4v) is 2.35. The predicted molar refractivity (Wildman–Crippen MR) is 65.8 cm³/mol. The lowest BCUT2D eigenvalue weighted by Crippen LogP contribution is -2.21. The van der Waals surface area contributed by atoms with Crippen molar-refractivity contribution in [3.8, 4) is 0 Å². The van der Waals surface area contributed by atoms with Crippen LogP contribution < -0.4 is 10.6 Å². The van der Waals surface area contributed by atoms with Crippen molar-refractivity contribution in [3.63, 3.8) is 0 Å². The summed E-state index contributed by atoms with van der Waals surface area (Å²) in [4.78, 5) is 12.1. The molecule has 0 atom stereocenters. The molecule has 0 spiro atoms. The van der Waals surface area contributed by atoms with E-state index < -0.39 is 0 Å². The zero-order valence-corrected chi connectivity index (χ0v) is 8.82. The van der Waals surface area contributed by atoms with Crippen LogP contribution in [0, 0.1) is 0 Å². The zero-order chi connectivity index (χ0) is 11.3. The van der Waals surface area contributed by atoms with E-state index in [0.717, 1.165) is 16.2 Å². The van der Waals surface area contributed by atoms with Gasteiger partial charge in [-0.2, -0.15) is 0 Å². The average molecular weight is 210 g/mol. The number of aliphatic hydroxyl groups is 1. The second-order valence-electron chi connectivity index (χ2n) is 4.00. The Bertz CT molecular complexity index is 778. The van der Waals surface area contributed by atoms with E-state index in [1.807, 2.05) is 36.4 Å². The SMILES string of the molecule is C/C(O)=c1\c(=O)c2cccc3cccc1c32. The third-order valence-corrected chi connectivity index (χ3v) is 3.01. The van der Waals surface area contributed by atoms with Crippen molar-refractivity contribution >= 4 is 27.3 Å². The molecule has 0 saturated carbocycles. The van der Waals surface area contributed by atoms with Crippen LogP contribution in [0.4, 0.5) is 0 Å². The van der Waals surface area contributed by atoms with Crippen LogP contribution in [0.3, 0.4) is 0 Å². The molecule has 0 amide bonds. The molecule has 0 heterocycles. The van der Waals surface area contributed by atoms with Gasteiger partial charge in [0.05, 0.1) is 5.22 Å².